The third-order valence-electron chi connectivity index (χ3n) is 5.72. The van der Waals surface area contributed by atoms with Gasteiger partial charge < -0.3 is 15.0 Å². The molecule has 26 heavy (non-hydrogen) atoms. The van der Waals surface area contributed by atoms with Crippen LogP contribution in [0.5, 0.6) is 5.75 Å². The summed E-state index contributed by atoms with van der Waals surface area (Å²) in [7, 11) is 3.50. The number of amides is 2. The predicted octanol–water partition coefficient (Wildman–Crippen LogP) is 3.05. The number of hydrogen-bond acceptors (Lipinski definition) is 3. The molecule has 5 nitrogen and oxygen atoms in total. The number of likely N-dealkylation sites (tertiary alicyclic amines) is 1. The van der Waals surface area contributed by atoms with Crippen LogP contribution in [0.1, 0.15) is 44.1 Å². The molecule has 1 heterocycles. The van der Waals surface area contributed by atoms with E-state index < -0.39 is 0 Å². The Morgan fingerprint density at radius 3 is 2.77 bits per heavy atom. The molecule has 0 bridgehead atoms. The molecule has 1 atom stereocenters. The molecule has 1 aromatic rings. The Balaban J connectivity index is 1.55. The summed E-state index contributed by atoms with van der Waals surface area (Å²) in [5.41, 5.74) is 2.16. The highest BCUT2D eigenvalue weighted by Crippen LogP contribution is 2.45. The zero-order chi connectivity index (χ0) is 18.6. The number of methoxy groups -OCH3 is 1. The van der Waals surface area contributed by atoms with Crippen LogP contribution in [0.2, 0.25) is 0 Å². The number of rotatable bonds is 6. The number of benzene rings is 1. The Hall–Kier alpha value is -2.30. The molecule has 0 radical (unpaired) electrons. The van der Waals surface area contributed by atoms with E-state index >= 15 is 0 Å². The number of fused-ring (bicyclic) bond motifs is 1. The molecule has 5 heteroatoms. The average Bonchev–Trinajstić information content (AvgIpc) is 2.68. The van der Waals surface area contributed by atoms with Gasteiger partial charge in [0.2, 0.25) is 11.8 Å². The summed E-state index contributed by atoms with van der Waals surface area (Å²) in [4.78, 5) is 26.2. The SMILES string of the molecule is COc1ccc(CCC(=O)NCC23CCCC=C2N(C)C(=O)CC3)cc1. The lowest BCUT2D eigenvalue weighted by Crippen LogP contribution is -2.49. The molecule has 1 fully saturated rings. The number of nitrogens with one attached hydrogen (secondary N) is 1. The van der Waals surface area contributed by atoms with Gasteiger partial charge in [0.25, 0.3) is 0 Å². The van der Waals surface area contributed by atoms with E-state index in [1.807, 2.05) is 31.3 Å². The van der Waals surface area contributed by atoms with Gasteiger partial charge in [0.15, 0.2) is 0 Å². The van der Waals surface area contributed by atoms with Crippen molar-refractivity contribution in [2.24, 2.45) is 5.41 Å². The van der Waals surface area contributed by atoms with Gasteiger partial charge in [0.05, 0.1) is 7.11 Å². The molecule has 1 aliphatic carbocycles. The molecule has 0 aromatic heterocycles. The molecular weight excluding hydrogens is 328 g/mol. The number of nitrogens with zero attached hydrogens (tertiary/aromatic N) is 1. The van der Waals surface area contributed by atoms with Crippen LogP contribution in [0, 0.1) is 5.41 Å². The summed E-state index contributed by atoms with van der Waals surface area (Å²) in [6.45, 7) is 0.623. The van der Waals surface area contributed by atoms with Crippen molar-refractivity contribution in [3.63, 3.8) is 0 Å². The van der Waals surface area contributed by atoms with Gasteiger partial charge in [-0.05, 0) is 49.8 Å². The molecule has 0 spiro atoms. The fourth-order valence-electron chi connectivity index (χ4n) is 4.09. The maximum Gasteiger partial charge on any atom is 0.226 e. The van der Waals surface area contributed by atoms with Crippen LogP contribution in [0.25, 0.3) is 0 Å². The largest absolute Gasteiger partial charge is 0.497 e. The van der Waals surface area contributed by atoms with Gasteiger partial charge in [-0.1, -0.05) is 18.2 Å². The third-order valence-corrected chi connectivity index (χ3v) is 5.72. The number of allylic oxidation sites excluding steroid dienone is 1. The van der Waals surface area contributed by atoms with Gasteiger partial charge in [-0.25, -0.2) is 0 Å². The number of ether oxygens (including phenoxy) is 1. The number of carbonyl (C=O) groups excluding carboxylic acids is 2. The van der Waals surface area contributed by atoms with Crippen LogP contribution >= 0.6 is 0 Å². The van der Waals surface area contributed by atoms with Crippen molar-refractivity contribution < 1.29 is 14.3 Å². The number of aryl methyl sites for hydroxylation is 1. The Labute approximate surface area is 155 Å². The summed E-state index contributed by atoms with van der Waals surface area (Å²) in [6, 6.07) is 7.82. The first-order chi connectivity index (χ1) is 12.5. The van der Waals surface area contributed by atoms with Gasteiger partial charge in [-0.2, -0.15) is 0 Å². The average molecular weight is 356 g/mol. The lowest BCUT2D eigenvalue weighted by atomic mass is 9.70. The molecule has 1 N–H and O–H groups in total. The molecular formula is C21H28N2O3. The minimum atomic E-state index is -0.0727. The minimum absolute atomic E-state index is 0.0691. The van der Waals surface area contributed by atoms with E-state index in [0.717, 1.165) is 42.7 Å². The first-order valence-corrected chi connectivity index (χ1v) is 9.41. The second-order valence-electron chi connectivity index (χ2n) is 7.34. The topological polar surface area (TPSA) is 58.6 Å². The summed E-state index contributed by atoms with van der Waals surface area (Å²) in [6.07, 6.45) is 7.93. The fourth-order valence-corrected chi connectivity index (χ4v) is 4.09. The summed E-state index contributed by atoms with van der Waals surface area (Å²) >= 11 is 0. The number of piperidine rings is 1. The molecule has 1 aromatic carbocycles. The lowest BCUT2D eigenvalue weighted by Gasteiger charge is -2.46. The standard InChI is InChI=1S/C21H28N2O3/c1-23-18-5-3-4-13-21(18,14-12-20(23)25)15-22-19(24)11-8-16-6-9-17(26-2)10-7-16/h5-7,9-10H,3-4,8,11-15H2,1-2H3,(H,22,24). The van der Waals surface area contributed by atoms with Crippen molar-refractivity contribution >= 4 is 11.8 Å². The molecule has 3 rings (SSSR count). The fraction of sp³-hybridized carbons (Fsp3) is 0.524. The maximum atomic E-state index is 12.4. The van der Waals surface area contributed by atoms with Crippen LogP contribution in [0.4, 0.5) is 0 Å². The molecule has 2 aliphatic rings. The number of carbonyl (C=O) groups is 2. The van der Waals surface area contributed by atoms with E-state index in [4.69, 9.17) is 4.74 Å². The molecule has 1 unspecified atom stereocenters. The normalized spacial score (nSPS) is 22.5. The lowest BCUT2D eigenvalue weighted by molar-refractivity contribution is -0.132. The molecule has 1 saturated heterocycles. The third kappa shape index (κ3) is 3.92. The van der Waals surface area contributed by atoms with Crippen molar-refractivity contribution in [3.8, 4) is 5.75 Å². The summed E-state index contributed by atoms with van der Waals surface area (Å²) in [5, 5.41) is 3.13. The van der Waals surface area contributed by atoms with E-state index in [2.05, 4.69) is 11.4 Å². The molecule has 1 aliphatic heterocycles. The van der Waals surface area contributed by atoms with Crippen molar-refractivity contribution in [1.82, 2.24) is 10.2 Å². The van der Waals surface area contributed by atoms with Gasteiger partial charge in [0.1, 0.15) is 5.75 Å². The maximum absolute atomic E-state index is 12.4. The van der Waals surface area contributed by atoms with Crippen LogP contribution < -0.4 is 10.1 Å². The summed E-state index contributed by atoms with van der Waals surface area (Å²) < 4.78 is 5.15. The van der Waals surface area contributed by atoms with Crippen LogP contribution in [0.15, 0.2) is 36.0 Å². The second-order valence-corrected chi connectivity index (χ2v) is 7.34. The first-order valence-electron chi connectivity index (χ1n) is 9.41. The van der Waals surface area contributed by atoms with Crippen LogP contribution in [-0.2, 0) is 16.0 Å². The van der Waals surface area contributed by atoms with E-state index in [1.54, 1.807) is 12.0 Å². The van der Waals surface area contributed by atoms with E-state index in [-0.39, 0.29) is 17.2 Å². The van der Waals surface area contributed by atoms with Gasteiger partial charge >= 0.3 is 0 Å². The van der Waals surface area contributed by atoms with Gasteiger partial charge in [0, 0.05) is 37.5 Å². The highest BCUT2D eigenvalue weighted by atomic mass is 16.5. The number of hydrogen-bond donors (Lipinski definition) is 1. The Kier molecular flexibility index (Phi) is 5.64. The van der Waals surface area contributed by atoms with Crippen molar-refractivity contribution in [2.75, 3.05) is 20.7 Å². The Bertz CT molecular complexity index is 696. The zero-order valence-corrected chi connectivity index (χ0v) is 15.7. The first kappa shape index (κ1) is 18.5. The van der Waals surface area contributed by atoms with Crippen molar-refractivity contribution in [1.29, 1.82) is 0 Å². The van der Waals surface area contributed by atoms with Crippen molar-refractivity contribution in [2.45, 2.75) is 44.9 Å². The summed E-state index contributed by atoms with van der Waals surface area (Å²) in [5.74, 6) is 1.07. The zero-order valence-electron chi connectivity index (χ0n) is 15.7. The van der Waals surface area contributed by atoms with Crippen LogP contribution in [0.3, 0.4) is 0 Å². The highest BCUT2D eigenvalue weighted by Gasteiger charge is 2.43. The molecule has 140 valence electrons. The highest BCUT2D eigenvalue weighted by molar-refractivity contribution is 5.80. The monoisotopic (exact) mass is 356 g/mol. The van der Waals surface area contributed by atoms with Gasteiger partial charge in [-0.3, -0.25) is 9.59 Å². The molecule has 2 amide bonds. The predicted molar refractivity (Wildman–Crippen MR) is 101 cm³/mol. The minimum Gasteiger partial charge on any atom is -0.497 e. The van der Waals surface area contributed by atoms with Crippen LogP contribution in [-0.4, -0.2) is 37.4 Å². The van der Waals surface area contributed by atoms with Crippen molar-refractivity contribution in [3.05, 3.63) is 41.6 Å². The smallest absolute Gasteiger partial charge is 0.226 e. The van der Waals surface area contributed by atoms with Gasteiger partial charge in [-0.15, -0.1) is 0 Å². The van der Waals surface area contributed by atoms with E-state index in [1.165, 1.54) is 0 Å². The molecule has 0 saturated carbocycles. The Morgan fingerprint density at radius 1 is 1.27 bits per heavy atom. The van der Waals surface area contributed by atoms with E-state index in [0.29, 0.717) is 25.8 Å². The Morgan fingerprint density at radius 2 is 2.04 bits per heavy atom. The quantitative estimate of drug-likeness (QED) is 0.852. The second kappa shape index (κ2) is 7.94. The van der Waals surface area contributed by atoms with E-state index in [9.17, 15) is 9.59 Å².